The summed E-state index contributed by atoms with van der Waals surface area (Å²) in [6.07, 6.45) is 5.15. The Bertz CT molecular complexity index is 804. The summed E-state index contributed by atoms with van der Waals surface area (Å²) in [5.74, 6) is -0.214. The molecule has 6 heteroatoms. The van der Waals surface area contributed by atoms with Gasteiger partial charge in [-0.3, -0.25) is 9.18 Å². The average molecular weight is 465 g/mol. The van der Waals surface area contributed by atoms with Gasteiger partial charge in [0.05, 0.1) is 7.18 Å². The van der Waals surface area contributed by atoms with E-state index in [0.717, 1.165) is 17.7 Å². The lowest BCUT2D eigenvalue weighted by Crippen LogP contribution is -2.34. The number of hydrogen-bond acceptors (Lipinski definition) is 4. The predicted octanol–water partition coefficient (Wildman–Crippen LogP) is 6.78. The van der Waals surface area contributed by atoms with Crippen molar-refractivity contribution in [3.63, 3.8) is 0 Å². The molecule has 0 unspecified atom stereocenters. The van der Waals surface area contributed by atoms with Gasteiger partial charge in [0.15, 0.2) is 0 Å². The third-order valence-corrected chi connectivity index (χ3v) is 5.98. The van der Waals surface area contributed by atoms with Crippen LogP contribution in [0.1, 0.15) is 82.5 Å². The van der Waals surface area contributed by atoms with Crippen molar-refractivity contribution in [1.82, 2.24) is 5.32 Å². The van der Waals surface area contributed by atoms with Gasteiger partial charge in [-0.1, -0.05) is 39.8 Å². The van der Waals surface area contributed by atoms with Crippen LogP contribution in [0.5, 0.6) is 0 Å². The highest BCUT2D eigenvalue weighted by atomic mass is 32.1. The number of amides is 1. The minimum Gasteiger partial charge on any atom is -0.366 e. The molecular weight excluding hydrogens is 423 g/mol. The number of Topliss-reactive ketones (excluding diaryl/α,β-unsaturated/α-hetero) is 1. The smallest absolute Gasteiger partial charge is 0.248 e. The normalized spacial score (nSPS) is 14.5. The van der Waals surface area contributed by atoms with Crippen LogP contribution in [0, 0.1) is 5.41 Å². The van der Waals surface area contributed by atoms with E-state index in [9.17, 15) is 14.0 Å². The quantitative estimate of drug-likeness (QED) is 0.512. The number of benzene rings is 1. The number of nitrogens with one attached hydrogen (secondary N) is 1. The number of halogens is 1. The van der Waals surface area contributed by atoms with E-state index >= 15 is 0 Å². The van der Waals surface area contributed by atoms with Crippen LogP contribution in [0.2, 0.25) is 0 Å². The second-order valence-corrected chi connectivity index (χ2v) is 9.47. The molecule has 0 saturated heterocycles. The van der Waals surface area contributed by atoms with E-state index < -0.39 is 0 Å². The summed E-state index contributed by atoms with van der Waals surface area (Å²) in [7, 11) is 0.500. The molecule has 1 aromatic carbocycles. The van der Waals surface area contributed by atoms with E-state index in [1.807, 2.05) is 32.0 Å². The van der Waals surface area contributed by atoms with Crippen molar-refractivity contribution >= 4 is 23.0 Å². The highest BCUT2D eigenvalue weighted by molar-refractivity contribution is 7.10. The Hall–Kier alpha value is -2.05. The fourth-order valence-electron chi connectivity index (χ4n) is 3.33. The van der Waals surface area contributed by atoms with Gasteiger partial charge in [0.2, 0.25) is 5.91 Å². The molecule has 1 aliphatic rings. The van der Waals surface area contributed by atoms with Gasteiger partial charge < -0.3 is 15.8 Å². The Morgan fingerprint density at radius 1 is 1.09 bits per heavy atom. The van der Waals surface area contributed by atoms with Crippen molar-refractivity contribution in [3.05, 3.63) is 46.2 Å². The van der Waals surface area contributed by atoms with E-state index in [-0.39, 0.29) is 11.7 Å². The van der Waals surface area contributed by atoms with Gasteiger partial charge in [0, 0.05) is 23.0 Å². The predicted molar refractivity (Wildman–Crippen MR) is 136 cm³/mol. The van der Waals surface area contributed by atoms with Crippen molar-refractivity contribution < 1.29 is 14.0 Å². The van der Waals surface area contributed by atoms with Crippen LogP contribution in [0.4, 0.5) is 4.39 Å². The average Bonchev–Trinajstić information content (AvgIpc) is 3.25. The SMILES string of the molecule is CC.CC(C)=O.CC1(C)CCC(NCc2cc(-c3cccc(C(N)=O)c3)cs2)CC1.CF. The molecule has 4 nitrogen and oxygen atoms in total. The lowest BCUT2D eigenvalue weighted by Gasteiger charge is -2.34. The van der Waals surface area contributed by atoms with Gasteiger partial charge in [-0.15, -0.1) is 11.3 Å². The number of thiophene rings is 1. The molecule has 0 bridgehead atoms. The van der Waals surface area contributed by atoms with Crippen LogP contribution in [-0.2, 0) is 11.3 Å². The standard InChI is InChI=1S/C20H26N2OS.C3H6O.C2H6.CH3F/c1-20(2)8-6-17(7-9-20)22-12-18-11-16(13-24-18)14-4-3-5-15(10-14)19(21)23;1-3(2)4;2*1-2/h3-5,10-11,13,17,22H,6-9,12H2,1-2H3,(H2,21,23);1-2H3;1-2H3;1H3. The zero-order valence-electron chi connectivity index (χ0n) is 20.8. The molecule has 3 N–H and O–H groups in total. The summed E-state index contributed by atoms with van der Waals surface area (Å²) < 4.78 is 9.50. The van der Waals surface area contributed by atoms with Gasteiger partial charge in [-0.05, 0) is 79.7 Å². The molecule has 180 valence electrons. The van der Waals surface area contributed by atoms with E-state index in [2.05, 4.69) is 30.6 Å². The zero-order valence-corrected chi connectivity index (χ0v) is 21.6. The Labute approximate surface area is 197 Å². The highest BCUT2D eigenvalue weighted by Crippen LogP contribution is 2.35. The number of primary amides is 1. The van der Waals surface area contributed by atoms with Crippen LogP contribution >= 0.6 is 11.3 Å². The van der Waals surface area contributed by atoms with Crippen molar-refractivity contribution in [2.45, 2.75) is 79.8 Å². The number of rotatable bonds is 5. The monoisotopic (exact) mass is 464 g/mol. The number of carbonyl (C=O) groups excluding carboxylic acids is 2. The Morgan fingerprint density at radius 2 is 1.66 bits per heavy atom. The molecule has 1 saturated carbocycles. The maximum atomic E-state index is 11.3. The molecule has 1 amide bonds. The number of alkyl halides is 1. The van der Waals surface area contributed by atoms with Gasteiger partial charge in [0.25, 0.3) is 0 Å². The molecular formula is C26H41FN2O2S. The fourth-order valence-corrected chi connectivity index (χ4v) is 4.17. The van der Waals surface area contributed by atoms with Gasteiger partial charge >= 0.3 is 0 Å². The van der Waals surface area contributed by atoms with Crippen LogP contribution in [0.25, 0.3) is 11.1 Å². The summed E-state index contributed by atoms with van der Waals surface area (Å²) in [5, 5.41) is 5.86. The molecule has 0 atom stereocenters. The first-order valence-corrected chi connectivity index (χ1v) is 12.1. The number of nitrogens with two attached hydrogens (primary N) is 1. The van der Waals surface area contributed by atoms with Crippen LogP contribution < -0.4 is 11.1 Å². The van der Waals surface area contributed by atoms with E-state index in [1.54, 1.807) is 17.4 Å². The molecule has 1 fully saturated rings. The number of hydrogen-bond donors (Lipinski definition) is 2. The topological polar surface area (TPSA) is 72.2 Å². The van der Waals surface area contributed by atoms with E-state index in [4.69, 9.17) is 5.73 Å². The van der Waals surface area contributed by atoms with Gasteiger partial charge in [-0.2, -0.15) is 0 Å². The van der Waals surface area contributed by atoms with Gasteiger partial charge in [0.1, 0.15) is 5.78 Å². The molecule has 1 aromatic heterocycles. The lowest BCUT2D eigenvalue weighted by atomic mass is 9.75. The van der Waals surface area contributed by atoms with E-state index in [0.29, 0.717) is 24.2 Å². The fraction of sp³-hybridized carbons (Fsp3) is 0.538. The first kappa shape index (κ1) is 29.9. The van der Waals surface area contributed by atoms with Crippen LogP contribution in [0.3, 0.4) is 0 Å². The molecule has 0 spiro atoms. The third-order valence-electron chi connectivity index (χ3n) is 5.04. The molecule has 3 rings (SSSR count). The zero-order chi connectivity index (χ0) is 24.7. The summed E-state index contributed by atoms with van der Waals surface area (Å²) in [6.45, 7) is 12.7. The van der Waals surface area contributed by atoms with Crippen molar-refractivity contribution in [2.24, 2.45) is 11.1 Å². The van der Waals surface area contributed by atoms with Crippen molar-refractivity contribution in [3.8, 4) is 11.1 Å². The third kappa shape index (κ3) is 11.5. The molecule has 0 aliphatic heterocycles. The Balaban J connectivity index is 0.00000106. The second-order valence-electron chi connectivity index (χ2n) is 8.47. The molecule has 0 radical (unpaired) electrons. The van der Waals surface area contributed by atoms with Crippen molar-refractivity contribution in [1.29, 1.82) is 0 Å². The minimum absolute atomic E-state index is 0.167. The minimum atomic E-state index is -0.380. The number of carbonyl (C=O) groups is 2. The second kappa shape index (κ2) is 15.7. The first-order valence-electron chi connectivity index (χ1n) is 11.2. The molecule has 32 heavy (non-hydrogen) atoms. The number of ketones is 1. The summed E-state index contributed by atoms with van der Waals surface area (Å²) >= 11 is 1.77. The Morgan fingerprint density at radius 3 is 2.19 bits per heavy atom. The molecule has 1 aliphatic carbocycles. The maximum absolute atomic E-state index is 11.3. The highest BCUT2D eigenvalue weighted by Gasteiger charge is 2.26. The summed E-state index contributed by atoms with van der Waals surface area (Å²) in [5.41, 5.74) is 8.65. The summed E-state index contributed by atoms with van der Waals surface area (Å²) in [6, 6.07) is 10.4. The largest absolute Gasteiger partial charge is 0.366 e. The Kier molecular flexibility index (Phi) is 14.7. The van der Waals surface area contributed by atoms with E-state index in [1.165, 1.54) is 44.4 Å². The van der Waals surface area contributed by atoms with Crippen molar-refractivity contribution in [2.75, 3.05) is 7.18 Å². The molecule has 2 aromatic rings. The lowest BCUT2D eigenvalue weighted by molar-refractivity contribution is -0.115. The maximum Gasteiger partial charge on any atom is 0.248 e. The van der Waals surface area contributed by atoms with Gasteiger partial charge in [-0.25, -0.2) is 0 Å². The molecule has 1 heterocycles. The first-order chi connectivity index (χ1) is 15.2. The van der Waals surface area contributed by atoms with Crippen LogP contribution in [-0.4, -0.2) is 24.9 Å². The van der Waals surface area contributed by atoms with Crippen LogP contribution in [0.15, 0.2) is 35.7 Å². The summed E-state index contributed by atoms with van der Waals surface area (Å²) in [4.78, 5) is 22.1.